The molecular formula is C12H18F3N3O2. The number of likely N-dealkylation sites (tertiary alicyclic amines) is 1. The summed E-state index contributed by atoms with van der Waals surface area (Å²) >= 11 is 0. The molecular weight excluding hydrogens is 275 g/mol. The van der Waals surface area contributed by atoms with Crippen molar-refractivity contribution in [1.82, 2.24) is 15.5 Å². The molecule has 2 aliphatic rings. The third kappa shape index (κ3) is 4.09. The zero-order valence-electron chi connectivity index (χ0n) is 11.0. The second-order valence-corrected chi connectivity index (χ2v) is 5.34. The van der Waals surface area contributed by atoms with Gasteiger partial charge in [-0.15, -0.1) is 0 Å². The fourth-order valence-corrected chi connectivity index (χ4v) is 2.61. The number of halogens is 3. The lowest BCUT2D eigenvalue weighted by Gasteiger charge is -2.25. The minimum atomic E-state index is -4.42. The van der Waals surface area contributed by atoms with Gasteiger partial charge in [-0.3, -0.25) is 9.59 Å². The van der Waals surface area contributed by atoms with Gasteiger partial charge in [-0.25, -0.2) is 0 Å². The molecule has 0 aliphatic carbocycles. The van der Waals surface area contributed by atoms with Crippen LogP contribution < -0.4 is 10.6 Å². The number of amides is 2. The van der Waals surface area contributed by atoms with Crippen LogP contribution in [0.5, 0.6) is 0 Å². The Morgan fingerprint density at radius 3 is 2.80 bits per heavy atom. The third-order valence-electron chi connectivity index (χ3n) is 3.60. The molecule has 0 aromatic rings. The van der Waals surface area contributed by atoms with Crippen molar-refractivity contribution in [3.63, 3.8) is 0 Å². The first-order valence-corrected chi connectivity index (χ1v) is 6.71. The lowest BCUT2D eigenvalue weighted by Crippen LogP contribution is -2.47. The lowest BCUT2D eigenvalue weighted by atomic mass is 10.0. The monoisotopic (exact) mass is 293 g/mol. The molecule has 114 valence electrons. The number of nitrogens with zero attached hydrogens (tertiary/aromatic N) is 1. The van der Waals surface area contributed by atoms with E-state index >= 15 is 0 Å². The van der Waals surface area contributed by atoms with Crippen LogP contribution in [0.25, 0.3) is 0 Å². The number of carbonyl (C=O) groups excluding carboxylic acids is 2. The Labute approximate surface area is 114 Å². The summed E-state index contributed by atoms with van der Waals surface area (Å²) in [5, 5.41) is 5.94. The highest BCUT2D eigenvalue weighted by Crippen LogP contribution is 2.24. The van der Waals surface area contributed by atoms with Crippen molar-refractivity contribution in [2.45, 2.75) is 31.5 Å². The minimum Gasteiger partial charge on any atom is -0.352 e. The van der Waals surface area contributed by atoms with Gasteiger partial charge in [-0.2, -0.15) is 13.2 Å². The molecule has 8 heteroatoms. The van der Waals surface area contributed by atoms with Crippen LogP contribution in [0.1, 0.15) is 19.3 Å². The normalized spacial score (nSPS) is 27.8. The molecule has 20 heavy (non-hydrogen) atoms. The fourth-order valence-electron chi connectivity index (χ4n) is 2.61. The molecule has 0 saturated carbocycles. The molecule has 2 amide bonds. The predicted molar refractivity (Wildman–Crippen MR) is 64.8 cm³/mol. The number of nitrogens with one attached hydrogen (secondary N) is 2. The Morgan fingerprint density at radius 1 is 1.45 bits per heavy atom. The van der Waals surface area contributed by atoms with Crippen molar-refractivity contribution in [3.05, 3.63) is 0 Å². The molecule has 0 spiro atoms. The van der Waals surface area contributed by atoms with Crippen molar-refractivity contribution in [3.8, 4) is 0 Å². The number of alkyl halides is 3. The second-order valence-electron chi connectivity index (χ2n) is 5.34. The quantitative estimate of drug-likeness (QED) is 0.785. The smallest absolute Gasteiger partial charge is 0.352 e. The van der Waals surface area contributed by atoms with Crippen molar-refractivity contribution in [2.75, 3.05) is 26.2 Å². The molecule has 2 rings (SSSR count). The van der Waals surface area contributed by atoms with E-state index in [0.717, 1.165) is 19.4 Å². The molecule has 1 unspecified atom stereocenters. The number of rotatable bonds is 3. The van der Waals surface area contributed by atoms with Crippen molar-refractivity contribution in [2.24, 2.45) is 5.92 Å². The SMILES string of the molecule is O=C(N[C@H]1CCCNC1)C1CC(=O)N(CC(F)(F)F)C1. The minimum absolute atomic E-state index is 0.00279. The van der Waals surface area contributed by atoms with E-state index in [9.17, 15) is 22.8 Å². The average Bonchev–Trinajstić information content (AvgIpc) is 2.70. The Morgan fingerprint density at radius 2 is 2.20 bits per heavy atom. The predicted octanol–water partition coefficient (Wildman–Crippen LogP) is 0.265. The van der Waals surface area contributed by atoms with Crippen LogP contribution in [-0.2, 0) is 9.59 Å². The maximum absolute atomic E-state index is 12.3. The van der Waals surface area contributed by atoms with Gasteiger partial charge in [-0.1, -0.05) is 0 Å². The summed E-state index contributed by atoms with van der Waals surface area (Å²) in [6, 6.07) is 0.00279. The molecule has 2 N–H and O–H groups in total. The maximum Gasteiger partial charge on any atom is 0.406 e. The summed E-state index contributed by atoms with van der Waals surface area (Å²) in [5.74, 6) is -1.60. The van der Waals surface area contributed by atoms with Gasteiger partial charge in [0, 0.05) is 25.6 Å². The molecule has 0 aromatic carbocycles. The summed E-state index contributed by atoms with van der Waals surface area (Å²) in [6.07, 6.45) is -2.75. The van der Waals surface area contributed by atoms with Crippen LogP contribution in [0.4, 0.5) is 13.2 Å². The van der Waals surface area contributed by atoms with E-state index in [4.69, 9.17) is 0 Å². The highest BCUT2D eigenvalue weighted by molar-refractivity contribution is 5.89. The van der Waals surface area contributed by atoms with Gasteiger partial charge in [0.1, 0.15) is 6.54 Å². The van der Waals surface area contributed by atoms with E-state index in [1.54, 1.807) is 0 Å². The Hall–Kier alpha value is -1.31. The van der Waals surface area contributed by atoms with E-state index in [1.807, 2.05) is 0 Å². The van der Waals surface area contributed by atoms with Crippen LogP contribution in [0, 0.1) is 5.92 Å². The number of hydrogen-bond donors (Lipinski definition) is 2. The first kappa shape index (κ1) is 15.1. The van der Waals surface area contributed by atoms with Gasteiger partial charge in [0.05, 0.1) is 5.92 Å². The van der Waals surface area contributed by atoms with E-state index in [-0.39, 0.29) is 24.9 Å². The van der Waals surface area contributed by atoms with Crippen LogP contribution >= 0.6 is 0 Å². The molecule has 2 atom stereocenters. The summed E-state index contributed by atoms with van der Waals surface area (Å²) < 4.78 is 36.8. The van der Waals surface area contributed by atoms with Crippen LogP contribution in [0.3, 0.4) is 0 Å². The third-order valence-corrected chi connectivity index (χ3v) is 3.60. The van der Waals surface area contributed by atoms with Crippen molar-refractivity contribution >= 4 is 11.8 Å². The largest absolute Gasteiger partial charge is 0.406 e. The van der Waals surface area contributed by atoms with E-state index in [2.05, 4.69) is 10.6 Å². The molecule has 2 saturated heterocycles. The first-order valence-electron chi connectivity index (χ1n) is 6.71. The number of piperidine rings is 1. The molecule has 2 fully saturated rings. The Kier molecular flexibility index (Phi) is 4.52. The molecule has 2 heterocycles. The molecule has 0 radical (unpaired) electrons. The highest BCUT2D eigenvalue weighted by Gasteiger charge is 2.40. The van der Waals surface area contributed by atoms with Gasteiger partial charge in [-0.05, 0) is 19.4 Å². The molecule has 0 aromatic heterocycles. The van der Waals surface area contributed by atoms with Gasteiger partial charge in [0.25, 0.3) is 0 Å². The van der Waals surface area contributed by atoms with Crippen LogP contribution in [0.2, 0.25) is 0 Å². The van der Waals surface area contributed by atoms with Crippen molar-refractivity contribution < 1.29 is 22.8 Å². The fraction of sp³-hybridized carbons (Fsp3) is 0.833. The van der Waals surface area contributed by atoms with Crippen molar-refractivity contribution in [1.29, 1.82) is 0 Å². The Balaban J connectivity index is 1.84. The highest BCUT2D eigenvalue weighted by atomic mass is 19.4. The maximum atomic E-state index is 12.3. The van der Waals surface area contributed by atoms with Gasteiger partial charge < -0.3 is 15.5 Å². The molecule has 0 bridgehead atoms. The summed E-state index contributed by atoms with van der Waals surface area (Å²) in [5.41, 5.74) is 0. The standard InChI is InChI=1S/C12H18F3N3O2/c13-12(14,15)7-18-6-8(4-10(18)19)11(20)17-9-2-1-3-16-5-9/h8-9,16H,1-7H2,(H,17,20)/t8?,9-/m0/s1. The zero-order chi connectivity index (χ0) is 14.8. The van der Waals surface area contributed by atoms with E-state index in [0.29, 0.717) is 11.4 Å². The topological polar surface area (TPSA) is 61.4 Å². The summed E-state index contributed by atoms with van der Waals surface area (Å²) in [4.78, 5) is 24.2. The average molecular weight is 293 g/mol. The summed E-state index contributed by atoms with van der Waals surface area (Å²) in [7, 11) is 0. The van der Waals surface area contributed by atoms with E-state index in [1.165, 1.54) is 0 Å². The van der Waals surface area contributed by atoms with Gasteiger partial charge >= 0.3 is 6.18 Å². The van der Waals surface area contributed by atoms with Gasteiger partial charge in [0.2, 0.25) is 11.8 Å². The second kappa shape index (κ2) is 5.99. The first-order chi connectivity index (χ1) is 9.35. The van der Waals surface area contributed by atoms with E-state index < -0.39 is 24.5 Å². The van der Waals surface area contributed by atoms with Crippen LogP contribution in [-0.4, -0.2) is 55.1 Å². The van der Waals surface area contributed by atoms with Crippen LogP contribution in [0.15, 0.2) is 0 Å². The molecule has 5 nitrogen and oxygen atoms in total. The van der Waals surface area contributed by atoms with Gasteiger partial charge in [0.15, 0.2) is 0 Å². The number of hydrogen-bond acceptors (Lipinski definition) is 3. The lowest BCUT2D eigenvalue weighted by molar-refractivity contribution is -0.157. The zero-order valence-corrected chi connectivity index (χ0v) is 11.0. The Bertz CT molecular complexity index is 381. The number of carbonyl (C=O) groups is 2. The molecule has 2 aliphatic heterocycles. The summed E-state index contributed by atoms with van der Waals surface area (Å²) in [6.45, 7) is 0.150.